The molecule has 1 fully saturated rings. The molecule has 0 bridgehead atoms. The molecule has 3 aromatic rings. The largest absolute Gasteiger partial charge is 0.442 e. The van der Waals surface area contributed by atoms with Crippen LogP contribution in [0.1, 0.15) is 12.0 Å². The average Bonchev–Trinajstić information content (AvgIpc) is 3.55. The molecule has 1 saturated heterocycles. The Balaban J connectivity index is 1.33. The molecule has 0 saturated carbocycles. The van der Waals surface area contributed by atoms with Crippen LogP contribution in [0.4, 0.5) is 19.3 Å². The summed E-state index contributed by atoms with van der Waals surface area (Å²) < 4.78 is 36.6. The van der Waals surface area contributed by atoms with Crippen molar-refractivity contribution in [3.05, 3.63) is 66.0 Å². The van der Waals surface area contributed by atoms with Crippen LogP contribution in [0.3, 0.4) is 0 Å². The second kappa shape index (κ2) is 8.58. The fourth-order valence-corrected chi connectivity index (χ4v) is 3.87. The minimum absolute atomic E-state index is 0.189. The standard InChI is InChI=1S/C22H19F2N5O4/c23-19-7-13(1-3-18(19)21-9-15(12-30)33-26-21)17-4-2-14(8-20(17)24)29-11-16(32-22(29)31)10-28-6-5-25-27-28/h1-8,15-16,30H,9-12H2/t15?,16-/m0/s1. The molecule has 1 unspecified atom stereocenters. The summed E-state index contributed by atoms with van der Waals surface area (Å²) in [4.78, 5) is 18.6. The predicted molar refractivity (Wildman–Crippen MR) is 113 cm³/mol. The highest BCUT2D eigenvalue weighted by molar-refractivity contribution is 6.01. The number of benzene rings is 2. The third kappa shape index (κ3) is 4.14. The van der Waals surface area contributed by atoms with Gasteiger partial charge in [-0.2, -0.15) is 0 Å². The van der Waals surface area contributed by atoms with E-state index in [1.165, 1.54) is 35.4 Å². The van der Waals surface area contributed by atoms with Crippen molar-refractivity contribution < 1.29 is 28.3 Å². The Morgan fingerprint density at radius 1 is 1.09 bits per heavy atom. The van der Waals surface area contributed by atoms with Gasteiger partial charge in [0.05, 0.1) is 37.3 Å². The smallest absolute Gasteiger partial charge is 0.414 e. The van der Waals surface area contributed by atoms with Gasteiger partial charge in [0.1, 0.15) is 17.7 Å². The zero-order chi connectivity index (χ0) is 22.9. The molecule has 0 radical (unpaired) electrons. The molecule has 0 aliphatic carbocycles. The molecule has 1 N–H and O–H groups in total. The van der Waals surface area contributed by atoms with Gasteiger partial charge in [-0.25, -0.2) is 18.3 Å². The SMILES string of the molecule is O=C1O[C@@H](Cn2ccnn2)CN1c1ccc(-c2ccc(C3=NOC(CO)C3)c(F)c2)c(F)c1. The van der Waals surface area contributed by atoms with E-state index in [4.69, 9.17) is 14.7 Å². The first-order chi connectivity index (χ1) is 16.0. The summed E-state index contributed by atoms with van der Waals surface area (Å²) in [6.07, 6.45) is 1.96. The minimum Gasteiger partial charge on any atom is -0.442 e. The zero-order valence-corrected chi connectivity index (χ0v) is 17.3. The van der Waals surface area contributed by atoms with Gasteiger partial charge in [0.15, 0.2) is 6.10 Å². The molecule has 1 aromatic heterocycles. The van der Waals surface area contributed by atoms with E-state index in [1.807, 2.05) is 0 Å². The molecule has 3 heterocycles. The molecular weight excluding hydrogens is 436 g/mol. The monoisotopic (exact) mass is 455 g/mol. The van der Waals surface area contributed by atoms with Crippen LogP contribution >= 0.6 is 0 Å². The first-order valence-corrected chi connectivity index (χ1v) is 10.3. The molecule has 11 heteroatoms. The lowest BCUT2D eigenvalue weighted by Crippen LogP contribution is -2.26. The third-order valence-corrected chi connectivity index (χ3v) is 5.53. The molecule has 2 aliphatic heterocycles. The maximum atomic E-state index is 15.0. The molecular formula is C22H19F2N5O4. The van der Waals surface area contributed by atoms with Crippen molar-refractivity contribution in [1.82, 2.24) is 15.0 Å². The number of hydrogen-bond donors (Lipinski definition) is 1. The lowest BCUT2D eigenvalue weighted by molar-refractivity contribution is 0.0390. The number of aliphatic hydroxyl groups excluding tert-OH is 1. The molecule has 0 spiro atoms. The molecule has 33 heavy (non-hydrogen) atoms. The van der Waals surface area contributed by atoms with Gasteiger partial charge >= 0.3 is 6.09 Å². The zero-order valence-electron chi connectivity index (χ0n) is 17.3. The molecule has 2 aliphatic rings. The third-order valence-electron chi connectivity index (χ3n) is 5.53. The second-order valence-corrected chi connectivity index (χ2v) is 7.75. The number of anilines is 1. The van der Waals surface area contributed by atoms with E-state index in [1.54, 1.807) is 23.0 Å². The summed E-state index contributed by atoms with van der Waals surface area (Å²) in [5.41, 5.74) is 1.50. The summed E-state index contributed by atoms with van der Waals surface area (Å²) in [5.74, 6) is -1.18. The van der Waals surface area contributed by atoms with E-state index in [2.05, 4.69) is 15.5 Å². The fourth-order valence-electron chi connectivity index (χ4n) is 3.87. The van der Waals surface area contributed by atoms with Crippen molar-refractivity contribution in [2.24, 2.45) is 5.16 Å². The number of cyclic esters (lactones) is 1. The van der Waals surface area contributed by atoms with Crippen molar-refractivity contribution in [2.75, 3.05) is 18.1 Å². The molecule has 9 nitrogen and oxygen atoms in total. The van der Waals surface area contributed by atoms with Crippen LogP contribution in [0.15, 0.2) is 53.9 Å². The van der Waals surface area contributed by atoms with Crippen molar-refractivity contribution in [2.45, 2.75) is 25.2 Å². The highest BCUT2D eigenvalue weighted by Crippen LogP contribution is 2.31. The highest BCUT2D eigenvalue weighted by Gasteiger charge is 2.33. The molecule has 170 valence electrons. The summed E-state index contributed by atoms with van der Waals surface area (Å²) in [6, 6.07) is 8.62. The van der Waals surface area contributed by atoms with Gasteiger partial charge in [0.25, 0.3) is 0 Å². The van der Waals surface area contributed by atoms with Crippen molar-refractivity contribution in [3.8, 4) is 11.1 Å². The number of ether oxygens (including phenoxy) is 1. The van der Waals surface area contributed by atoms with Gasteiger partial charge in [-0.15, -0.1) is 5.10 Å². The topological polar surface area (TPSA) is 102 Å². The number of hydrogen-bond acceptors (Lipinski definition) is 7. The van der Waals surface area contributed by atoms with Crippen LogP contribution < -0.4 is 4.90 Å². The quantitative estimate of drug-likeness (QED) is 0.613. The first-order valence-electron chi connectivity index (χ1n) is 10.3. The van der Waals surface area contributed by atoms with Crippen molar-refractivity contribution in [3.63, 3.8) is 0 Å². The number of nitrogens with zero attached hydrogens (tertiary/aromatic N) is 5. The maximum absolute atomic E-state index is 15.0. The number of amides is 1. The number of aliphatic hydroxyl groups is 1. The number of rotatable bonds is 6. The van der Waals surface area contributed by atoms with Crippen molar-refractivity contribution in [1.29, 1.82) is 0 Å². The summed E-state index contributed by atoms with van der Waals surface area (Å²) >= 11 is 0. The van der Waals surface area contributed by atoms with E-state index in [9.17, 15) is 13.6 Å². The van der Waals surface area contributed by atoms with Gasteiger partial charge in [-0.3, -0.25) is 4.90 Å². The Hall–Kier alpha value is -3.86. The van der Waals surface area contributed by atoms with E-state index < -0.39 is 29.9 Å². The van der Waals surface area contributed by atoms with E-state index in [-0.39, 0.29) is 24.3 Å². The van der Waals surface area contributed by atoms with Crippen molar-refractivity contribution >= 4 is 17.5 Å². The lowest BCUT2D eigenvalue weighted by Gasteiger charge is -2.15. The normalized spacial score (nSPS) is 20.0. The number of oxime groups is 1. The van der Waals surface area contributed by atoms with Crippen LogP contribution in [0.25, 0.3) is 11.1 Å². The highest BCUT2D eigenvalue weighted by atomic mass is 19.1. The number of aromatic nitrogens is 3. The van der Waals surface area contributed by atoms with Gasteiger partial charge in [0, 0.05) is 23.7 Å². The molecule has 2 atom stereocenters. The predicted octanol–water partition coefficient (Wildman–Crippen LogP) is 2.73. The summed E-state index contributed by atoms with van der Waals surface area (Å²) in [5, 5.41) is 20.5. The minimum atomic E-state index is -0.603. The van der Waals surface area contributed by atoms with Gasteiger partial charge in [-0.05, 0) is 35.9 Å². The summed E-state index contributed by atoms with van der Waals surface area (Å²) in [7, 11) is 0. The number of carbonyl (C=O) groups is 1. The Bertz CT molecular complexity index is 1220. The first kappa shape index (κ1) is 21.0. The Labute approximate surface area is 186 Å². The Morgan fingerprint density at radius 2 is 1.91 bits per heavy atom. The maximum Gasteiger partial charge on any atom is 0.414 e. The number of halogens is 2. The molecule has 5 rings (SSSR count). The van der Waals surface area contributed by atoms with Crippen LogP contribution in [0.2, 0.25) is 0 Å². The van der Waals surface area contributed by atoms with Gasteiger partial charge in [-0.1, -0.05) is 16.4 Å². The molecule has 2 aromatic carbocycles. The van der Waals surface area contributed by atoms with E-state index in [0.717, 1.165) is 0 Å². The van der Waals surface area contributed by atoms with Crippen LogP contribution in [-0.4, -0.2) is 57.3 Å². The van der Waals surface area contributed by atoms with Crippen LogP contribution in [0.5, 0.6) is 0 Å². The fraction of sp³-hybridized carbons (Fsp3) is 0.273. The second-order valence-electron chi connectivity index (χ2n) is 7.75. The van der Waals surface area contributed by atoms with Gasteiger partial charge < -0.3 is 14.7 Å². The van der Waals surface area contributed by atoms with E-state index >= 15 is 0 Å². The average molecular weight is 455 g/mol. The van der Waals surface area contributed by atoms with Gasteiger partial charge in [0.2, 0.25) is 0 Å². The molecule has 1 amide bonds. The lowest BCUT2D eigenvalue weighted by atomic mass is 9.99. The summed E-state index contributed by atoms with van der Waals surface area (Å²) in [6.45, 7) is 0.361. The number of carbonyl (C=O) groups excluding carboxylic acids is 1. The Morgan fingerprint density at radius 3 is 2.61 bits per heavy atom. The van der Waals surface area contributed by atoms with Crippen LogP contribution in [0, 0.1) is 11.6 Å². The Kier molecular flexibility index (Phi) is 5.47. The van der Waals surface area contributed by atoms with Crippen LogP contribution in [-0.2, 0) is 16.1 Å². The van der Waals surface area contributed by atoms with E-state index in [0.29, 0.717) is 29.9 Å².